The average Bonchev–Trinajstić information content (AvgIpc) is 3.60. The molecule has 4 heterocycles. The molecule has 0 spiro atoms. The van der Waals surface area contributed by atoms with E-state index in [1.54, 1.807) is 12.1 Å². The Hall–Kier alpha value is -3.73. The lowest BCUT2D eigenvalue weighted by Gasteiger charge is -2.28. The number of rotatable bonds is 6. The van der Waals surface area contributed by atoms with Crippen LogP contribution in [0.4, 0.5) is 30.6 Å². The fraction of sp³-hybridized carbons (Fsp3) is 0.407. The molecule has 0 amide bonds. The van der Waals surface area contributed by atoms with Crippen molar-refractivity contribution in [2.24, 2.45) is 17.6 Å². The minimum Gasteiger partial charge on any atom is -0.403 e. The maximum absolute atomic E-state index is 14.2. The average molecular weight is 523 g/mol. The van der Waals surface area contributed by atoms with Gasteiger partial charge in [0.25, 0.3) is 5.95 Å². The van der Waals surface area contributed by atoms with E-state index in [0.717, 1.165) is 49.8 Å². The van der Waals surface area contributed by atoms with Crippen molar-refractivity contribution in [1.29, 1.82) is 0 Å². The normalized spacial score (nSPS) is 23.9. The van der Waals surface area contributed by atoms with Crippen LogP contribution >= 0.6 is 0 Å². The van der Waals surface area contributed by atoms with Crippen molar-refractivity contribution in [1.82, 2.24) is 25.3 Å². The van der Waals surface area contributed by atoms with E-state index in [0.29, 0.717) is 34.6 Å². The minimum atomic E-state index is -1.41. The van der Waals surface area contributed by atoms with Crippen molar-refractivity contribution in [3.05, 3.63) is 52.5 Å². The Labute approximate surface area is 217 Å². The zero-order chi connectivity index (χ0) is 26.4. The Kier molecular flexibility index (Phi) is 6.17. The fourth-order valence-corrected chi connectivity index (χ4v) is 5.54. The summed E-state index contributed by atoms with van der Waals surface area (Å²) in [6, 6.07) is 3.77. The van der Waals surface area contributed by atoms with Crippen molar-refractivity contribution in [2.75, 3.05) is 23.7 Å². The van der Waals surface area contributed by atoms with Gasteiger partial charge in [-0.15, -0.1) is 0 Å². The van der Waals surface area contributed by atoms with Crippen molar-refractivity contribution in [3.8, 4) is 11.4 Å². The van der Waals surface area contributed by atoms with E-state index in [9.17, 15) is 13.2 Å². The fourth-order valence-electron chi connectivity index (χ4n) is 5.54. The number of pyridine rings is 2. The van der Waals surface area contributed by atoms with E-state index >= 15 is 0 Å². The number of hydrogen-bond acceptors (Lipinski definition) is 8. The van der Waals surface area contributed by atoms with Crippen LogP contribution in [0.5, 0.6) is 0 Å². The third-order valence-electron chi connectivity index (χ3n) is 8.10. The highest BCUT2D eigenvalue weighted by atomic mass is 19.2. The van der Waals surface area contributed by atoms with E-state index in [4.69, 9.17) is 15.7 Å². The summed E-state index contributed by atoms with van der Waals surface area (Å²) in [5.74, 6) is -1.89. The first kappa shape index (κ1) is 24.6. The third kappa shape index (κ3) is 4.44. The van der Waals surface area contributed by atoms with Gasteiger partial charge < -0.3 is 21.7 Å². The summed E-state index contributed by atoms with van der Waals surface area (Å²) in [7, 11) is 0. The van der Waals surface area contributed by atoms with Gasteiger partial charge in [0.2, 0.25) is 0 Å². The molecule has 38 heavy (non-hydrogen) atoms. The number of nitrogens with two attached hydrogens (primary N) is 1. The van der Waals surface area contributed by atoms with Crippen LogP contribution in [0.15, 0.2) is 24.4 Å². The Balaban J connectivity index is 1.42. The second-order valence-corrected chi connectivity index (χ2v) is 10.4. The number of nitrogens with zero attached hydrogens (tertiary/aromatic N) is 4. The molecular weight excluding hydrogens is 493 g/mol. The number of piperidine rings is 1. The van der Waals surface area contributed by atoms with Crippen LogP contribution in [0.2, 0.25) is 0 Å². The highest BCUT2D eigenvalue weighted by Crippen LogP contribution is 2.49. The van der Waals surface area contributed by atoms with Gasteiger partial charge >= 0.3 is 0 Å². The highest BCUT2D eigenvalue weighted by molar-refractivity contribution is 5.66. The molecule has 3 fully saturated rings. The predicted molar refractivity (Wildman–Crippen MR) is 139 cm³/mol. The second kappa shape index (κ2) is 9.54. The number of nitrogens with one attached hydrogen (secondary N) is 3. The molecule has 1 aliphatic heterocycles. The molecule has 0 radical (unpaired) electrons. The molecule has 0 bridgehead atoms. The Morgan fingerprint density at radius 2 is 1.97 bits per heavy atom. The maximum Gasteiger partial charge on any atom is 0.251 e. The quantitative estimate of drug-likeness (QED) is 0.366. The Morgan fingerprint density at radius 3 is 2.71 bits per heavy atom. The SMILES string of the molecule is C/C(=c1/c(NC23CCNCC2C3)nc(-c2ccnc(Nc3nc(F)c(F)cc3F)c2)n/c1=C/N)C1CCC1. The lowest BCUT2D eigenvalue weighted by Crippen LogP contribution is -2.43. The summed E-state index contributed by atoms with van der Waals surface area (Å²) in [6.45, 7) is 4.07. The zero-order valence-corrected chi connectivity index (χ0v) is 21.0. The molecule has 3 aromatic heterocycles. The predicted octanol–water partition coefficient (Wildman–Crippen LogP) is 2.93. The molecular formula is C27H29F3N8. The first-order valence-corrected chi connectivity index (χ1v) is 12.9. The molecule has 3 aliphatic rings. The molecule has 3 aromatic rings. The molecule has 6 rings (SSSR count). The van der Waals surface area contributed by atoms with E-state index in [1.807, 2.05) is 0 Å². The number of fused-ring (bicyclic) bond motifs is 1. The summed E-state index contributed by atoms with van der Waals surface area (Å²) in [5, 5.41) is 11.5. The largest absolute Gasteiger partial charge is 0.403 e. The van der Waals surface area contributed by atoms with E-state index in [1.165, 1.54) is 24.4 Å². The monoisotopic (exact) mass is 522 g/mol. The first-order chi connectivity index (χ1) is 18.4. The Bertz CT molecular complexity index is 1520. The molecule has 2 aliphatic carbocycles. The van der Waals surface area contributed by atoms with Gasteiger partial charge in [0.05, 0.1) is 5.35 Å². The molecule has 0 aromatic carbocycles. The van der Waals surface area contributed by atoms with Crippen LogP contribution in [0.3, 0.4) is 0 Å². The van der Waals surface area contributed by atoms with Gasteiger partial charge in [-0.1, -0.05) is 12.0 Å². The van der Waals surface area contributed by atoms with Crippen LogP contribution in [0.1, 0.15) is 39.0 Å². The zero-order valence-electron chi connectivity index (χ0n) is 21.0. The lowest BCUT2D eigenvalue weighted by atomic mass is 9.79. The lowest BCUT2D eigenvalue weighted by molar-refractivity contribution is 0.396. The molecule has 8 nitrogen and oxygen atoms in total. The van der Waals surface area contributed by atoms with Crippen molar-refractivity contribution in [2.45, 2.75) is 44.6 Å². The van der Waals surface area contributed by atoms with Crippen LogP contribution < -0.4 is 32.3 Å². The number of halogens is 3. The summed E-state index contributed by atoms with van der Waals surface area (Å²) in [4.78, 5) is 17.2. The Morgan fingerprint density at radius 1 is 1.13 bits per heavy atom. The molecule has 5 N–H and O–H groups in total. The first-order valence-electron chi connectivity index (χ1n) is 12.9. The van der Waals surface area contributed by atoms with Gasteiger partial charge in [-0.3, -0.25) is 0 Å². The summed E-state index contributed by atoms with van der Waals surface area (Å²) in [6.07, 6.45) is 8.60. The summed E-state index contributed by atoms with van der Waals surface area (Å²) in [5.41, 5.74) is 7.95. The van der Waals surface area contributed by atoms with E-state index < -0.39 is 23.4 Å². The highest BCUT2D eigenvalue weighted by Gasteiger charge is 2.55. The van der Waals surface area contributed by atoms with E-state index in [-0.39, 0.29) is 11.4 Å². The molecule has 2 unspecified atom stereocenters. The number of hydrogen-bond donors (Lipinski definition) is 4. The van der Waals surface area contributed by atoms with Crippen LogP contribution in [0, 0.1) is 29.4 Å². The topological polar surface area (TPSA) is 114 Å². The molecule has 198 valence electrons. The molecule has 11 heteroatoms. The smallest absolute Gasteiger partial charge is 0.251 e. The summed E-state index contributed by atoms with van der Waals surface area (Å²) >= 11 is 0. The van der Waals surface area contributed by atoms with Gasteiger partial charge in [0, 0.05) is 41.3 Å². The standard InChI is InChI=1S/C27H29F3N8/c1-14(15-3-2-4-15)22-20(12-31)34-24(37-26(22)38-27-6-8-32-13-17(27)11-27)16-5-7-33-21(9-16)35-25-19(29)10-18(28)23(30)36-25/h5,7,9-10,12,15,17,32H,2-4,6,8,11,13,31H2,1H3,(H,33,35,36)(H,34,37,38)/b20-12+,22-14-. The van der Waals surface area contributed by atoms with Gasteiger partial charge in [-0.25, -0.2) is 23.7 Å². The minimum absolute atomic E-state index is 0.0121. The van der Waals surface area contributed by atoms with Crippen LogP contribution in [-0.2, 0) is 0 Å². The summed E-state index contributed by atoms with van der Waals surface area (Å²) < 4.78 is 41.0. The van der Waals surface area contributed by atoms with Crippen LogP contribution in [0.25, 0.3) is 23.2 Å². The third-order valence-corrected chi connectivity index (χ3v) is 8.10. The van der Waals surface area contributed by atoms with Gasteiger partial charge in [0.15, 0.2) is 23.3 Å². The van der Waals surface area contributed by atoms with Gasteiger partial charge in [-0.05, 0) is 63.1 Å². The number of aromatic nitrogens is 4. The van der Waals surface area contributed by atoms with Crippen molar-refractivity contribution < 1.29 is 13.2 Å². The van der Waals surface area contributed by atoms with Gasteiger partial charge in [-0.2, -0.15) is 9.37 Å². The molecule has 1 saturated heterocycles. The second-order valence-electron chi connectivity index (χ2n) is 10.4. The molecule has 2 atom stereocenters. The van der Waals surface area contributed by atoms with E-state index in [2.05, 4.69) is 32.8 Å². The van der Waals surface area contributed by atoms with Crippen molar-refractivity contribution in [3.63, 3.8) is 0 Å². The van der Waals surface area contributed by atoms with Crippen molar-refractivity contribution >= 4 is 29.2 Å². The van der Waals surface area contributed by atoms with Crippen LogP contribution in [-0.4, -0.2) is 38.6 Å². The number of anilines is 3. The van der Waals surface area contributed by atoms with Gasteiger partial charge in [0.1, 0.15) is 11.6 Å². The molecule has 2 saturated carbocycles. The maximum atomic E-state index is 14.2.